The monoisotopic (exact) mass is 284 g/mol. The molecule has 1 aromatic rings. The number of carbonyl (C=O) groups excluding carboxylic acids is 1. The quantitative estimate of drug-likeness (QED) is 0.457. The van der Waals surface area contributed by atoms with Gasteiger partial charge in [-0.3, -0.25) is 0 Å². The van der Waals surface area contributed by atoms with Crippen LogP contribution in [0.1, 0.15) is 18.4 Å². The molecule has 0 aliphatic carbocycles. The number of carbonyl (C=O) groups is 1. The zero-order valence-corrected chi connectivity index (χ0v) is 12.1. The van der Waals surface area contributed by atoms with Gasteiger partial charge in [0.15, 0.2) is 0 Å². The van der Waals surface area contributed by atoms with Crippen LogP contribution in [0, 0.1) is 0 Å². The van der Waals surface area contributed by atoms with Crippen molar-refractivity contribution in [3.63, 3.8) is 0 Å². The molecule has 0 unspecified atom stereocenters. The van der Waals surface area contributed by atoms with E-state index in [-0.39, 0.29) is 6.61 Å². The highest BCUT2D eigenvalue weighted by atomic mass is 16.5. The predicted molar refractivity (Wildman–Crippen MR) is 84.0 cm³/mol. The molecule has 1 aromatic heterocycles. The molecule has 0 amide bonds. The molecule has 4 nitrogen and oxygen atoms in total. The Balaban J connectivity index is 2.06. The third kappa shape index (κ3) is 3.81. The SMILES string of the molecule is C=C/C=C(\C=C)C(=O)OCc1cccnc1N1CCCC1. The molecule has 1 aliphatic rings. The highest BCUT2D eigenvalue weighted by molar-refractivity contribution is 5.91. The van der Waals surface area contributed by atoms with Gasteiger partial charge in [0, 0.05) is 24.8 Å². The van der Waals surface area contributed by atoms with Gasteiger partial charge >= 0.3 is 5.97 Å². The van der Waals surface area contributed by atoms with Crippen molar-refractivity contribution in [2.24, 2.45) is 0 Å². The Morgan fingerprint density at radius 2 is 2.14 bits per heavy atom. The van der Waals surface area contributed by atoms with Crippen LogP contribution in [-0.4, -0.2) is 24.0 Å². The van der Waals surface area contributed by atoms with Crippen molar-refractivity contribution in [2.45, 2.75) is 19.4 Å². The minimum atomic E-state index is -0.402. The van der Waals surface area contributed by atoms with Gasteiger partial charge in [-0.15, -0.1) is 0 Å². The molecule has 1 saturated heterocycles. The van der Waals surface area contributed by atoms with E-state index in [1.807, 2.05) is 12.1 Å². The molecule has 2 rings (SSSR count). The first-order chi connectivity index (χ1) is 10.3. The van der Waals surface area contributed by atoms with Gasteiger partial charge in [0.2, 0.25) is 0 Å². The lowest BCUT2D eigenvalue weighted by atomic mass is 10.2. The van der Waals surface area contributed by atoms with Crippen molar-refractivity contribution < 1.29 is 9.53 Å². The maximum absolute atomic E-state index is 11.9. The number of rotatable bonds is 6. The van der Waals surface area contributed by atoms with Crippen LogP contribution in [0.25, 0.3) is 0 Å². The zero-order valence-electron chi connectivity index (χ0n) is 12.1. The number of aromatic nitrogens is 1. The minimum Gasteiger partial charge on any atom is -0.457 e. The first kappa shape index (κ1) is 15.0. The second-order valence-electron chi connectivity index (χ2n) is 4.82. The van der Waals surface area contributed by atoms with Crippen molar-refractivity contribution in [2.75, 3.05) is 18.0 Å². The summed E-state index contributed by atoms with van der Waals surface area (Å²) < 4.78 is 5.34. The van der Waals surface area contributed by atoms with E-state index in [2.05, 4.69) is 23.0 Å². The van der Waals surface area contributed by atoms with Crippen molar-refractivity contribution in [1.82, 2.24) is 4.98 Å². The number of hydrogen-bond donors (Lipinski definition) is 0. The number of allylic oxidation sites excluding steroid dienone is 2. The van der Waals surface area contributed by atoms with Gasteiger partial charge in [-0.1, -0.05) is 31.4 Å². The van der Waals surface area contributed by atoms with Crippen LogP contribution >= 0.6 is 0 Å². The molecular weight excluding hydrogens is 264 g/mol. The van der Waals surface area contributed by atoms with E-state index in [1.54, 1.807) is 12.3 Å². The Hall–Kier alpha value is -2.36. The first-order valence-electron chi connectivity index (χ1n) is 7.07. The number of ether oxygens (including phenoxy) is 1. The number of esters is 1. The summed E-state index contributed by atoms with van der Waals surface area (Å²) in [6.07, 6.45) is 8.72. The lowest BCUT2D eigenvalue weighted by Crippen LogP contribution is -2.21. The maximum atomic E-state index is 11.9. The van der Waals surface area contributed by atoms with Crippen LogP contribution < -0.4 is 4.90 Å². The van der Waals surface area contributed by atoms with Gasteiger partial charge in [0.05, 0.1) is 5.57 Å². The normalized spacial score (nSPS) is 14.9. The summed E-state index contributed by atoms with van der Waals surface area (Å²) in [5.74, 6) is 0.511. The Morgan fingerprint density at radius 1 is 1.38 bits per heavy atom. The third-order valence-electron chi connectivity index (χ3n) is 3.38. The van der Waals surface area contributed by atoms with Gasteiger partial charge in [0.25, 0.3) is 0 Å². The number of pyridine rings is 1. The lowest BCUT2D eigenvalue weighted by molar-refractivity contribution is -0.139. The van der Waals surface area contributed by atoms with Gasteiger partial charge in [-0.05, 0) is 25.0 Å². The second kappa shape index (κ2) is 7.43. The Kier molecular flexibility index (Phi) is 5.32. The fraction of sp³-hybridized carbons (Fsp3) is 0.294. The predicted octanol–water partition coefficient (Wildman–Crippen LogP) is 3.02. The fourth-order valence-electron chi connectivity index (χ4n) is 2.33. The number of anilines is 1. The third-order valence-corrected chi connectivity index (χ3v) is 3.38. The first-order valence-corrected chi connectivity index (χ1v) is 7.07. The van der Waals surface area contributed by atoms with Gasteiger partial charge < -0.3 is 9.64 Å². The highest BCUT2D eigenvalue weighted by Crippen LogP contribution is 2.22. The molecule has 1 fully saturated rings. The summed E-state index contributed by atoms with van der Waals surface area (Å²) in [6.45, 7) is 9.39. The summed E-state index contributed by atoms with van der Waals surface area (Å²) in [6, 6.07) is 3.80. The fourth-order valence-corrected chi connectivity index (χ4v) is 2.33. The Bertz CT molecular complexity index is 558. The topological polar surface area (TPSA) is 42.4 Å². The Labute approximate surface area is 125 Å². The molecule has 0 spiro atoms. The molecule has 1 aliphatic heterocycles. The molecule has 2 heterocycles. The molecule has 4 heteroatoms. The minimum absolute atomic E-state index is 0.209. The Morgan fingerprint density at radius 3 is 2.81 bits per heavy atom. The van der Waals surface area contributed by atoms with Crippen LogP contribution in [0.2, 0.25) is 0 Å². The highest BCUT2D eigenvalue weighted by Gasteiger charge is 2.17. The van der Waals surface area contributed by atoms with Gasteiger partial charge in [-0.25, -0.2) is 9.78 Å². The number of hydrogen-bond acceptors (Lipinski definition) is 4. The van der Waals surface area contributed by atoms with E-state index in [0.717, 1.165) is 24.5 Å². The maximum Gasteiger partial charge on any atom is 0.338 e. The van der Waals surface area contributed by atoms with Crippen LogP contribution in [0.5, 0.6) is 0 Å². The summed E-state index contributed by atoms with van der Waals surface area (Å²) in [5.41, 5.74) is 1.33. The average molecular weight is 284 g/mol. The van der Waals surface area contributed by atoms with Crippen LogP contribution in [0.4, 0.5) is 5.82 Å². The standard InChI is InChI=1S/C17H20N2O2/c1-3-8-14(4-2)17(20)21-13-15-9-7-10-18-16(15)19-11-5-6-12-19/h3-4,7-10H,1-2,5-6,11-13H2/b14-8+. The molecule has 0 atom stereocenters. The van der Waals surface area contributed by atoms with E-state index >= 15 is 0 Å². The smallest absolute Gasteiger partial charge is 0.338 e. The van der Waals surface area contributed by atoms with Crippen molar-refractivity contribution in [1.29, 1.82) is 0 Å². The molecule has 0 N–H and O–H groups in total. The molecule has 21 heavy (non-hydrogen) atoms. The molecule has 0 saturated carbocycles. The van der Waals surface area contributed by atoms with Gasteiger partial charge in [-0.2, -0.15) is 0 Å². The summed E-state index contributed by atoms with van der Waals surface area (Å²) >= 11 is 0. The van der Waals surface area contributed by atoms with E-state index < -0.39 is 5.97 Å². The largest absolute Gasteiger partial charge is 0.457 e. The van der Waals surface area contributed by atoms with Crippen LogP contribution in [0.15, 0.2) is 55.3 Å². The average Bonchev–Trinajstić information content (AvgIpc) is 3.04. The summed E-state index contributed by atoms with van der Waals surface area (Å²) in [7, 11) is 0. The second-order valence-corrected chi connectivity index (χ2v) is 4.82. The summed E-state index contributed by atoms with van der Waals surface area (Å²) in [5, 5.41) is 0. The summed E-state index contributed by atoms with van der Waals surface area (Å²) in [4.78, 5) is 18.6. The van der Waals surface area contributed by atoms with E-state index in [1.165, 1.54) is 25.0 Å². The van der Waals surface area contributed by atoms with E-state index in [0.29, 0.717) is 5.57 Å². The molecule has 110 valence electrons. The zero-order chi connectivity index (χ0) is 15.1. The van der Waals surface area contributed by atoms with E-state index in [9.17, 15) is 4.79 Å². The number of nitrogens with zero attached hydrogens (tertiary/aromatic N) is 2. The van der Waals surface area contributed by atoms with Gasteiger partial charge in [0.1, 0.15) is 12.4 Å². The van der Waals surface area contributed by atoms with Crippen LogP contribution in [-0.2, 0) is 16.1 Å². The van der Waals surface area contributed by atoms with Crippen LogP contribution in [0.3, 0.4) is 0 Å². The molecule has 0 aromatic carbocycles. The lowest BCUT2D eigenvalue weighted by Gasteiger charge is -2.19. The molecular formula is C17H20N2O2. The van der Waals surface area contributed by atoms with Crippen molar-refractivity contribution in [3.05, 3.63) is 60.9 Å². The van der Waals surface area contributed by atoms with Crippen molar-refractivity contribution >= 4 is 11.8 Å². The molecule has 0 bridgehead atoms. The van der Waals surface area contributed by atoms with E-state index in [4.69, 9.17) is 4.74 Å². The molecule has 0 radical (unpaired) electrons. The van der Waals surface area contributed by atoms with Crippen molar-refractivity contribution in [3.8, 4) is 0 Å².